The zero-order valence-corrected chi connectivity index (χ0v) is 13.6. The molecule has 0 amide bonds. The van der Waals surface area contributed by atoms with Gasteiger partial charge in [-0.15, -0.1) is 0 Å². The molecule has 0 radical (unpaired) electrons. The average molecular weight is 391 g/mol. The number of halogens is 2. The van der Waals surface area contributed by atoms with E-state index in [9.17, 15) is 22.9 Å². The molecule has 0 aliphatic heterocycles. The number of allylic oxidation sites excluding steroid dienone is 1. The van der Waals surface area contributed by atoms with Crippen molar-refractivity contribution in [2.24, 2.45) is 5.73 Å². The van der Waals surface area contributed by atoms with Gasteiger partial charge in [-0.05, 0) is 5.56 Å². The van der Waals surface area contributed by atoms with E-state index in [0.29, 0.717) is 11.6 Å². The van der Waals surface area contributed by atoms with Crippen molar-refractivity contribution >= 4 is 25.8 Å². The van der Waals surface area contributed by atoms with Crippen LogP contribution in [-0.2, 0) is 15.6 Å². The number of benzene rings is 1. The lowest BCUT2D eigenvalue weighted by Gasteiger charge is -2.26. The van der Waals surface area contributed by atoms with E-state index in [1.165, 1.54) is 12.1 Å². The summed E-state index contributed by atoms with van der Waals surface area (Å²) < 4.78 is 39.5. The van der Waals surface area contributed by atoms with Gasteiger partial charge in [0.2, 0.25) is 9.84 Å². The van der Waals surface area contributed by atoms with Gasteiger partial charge in [0.25, 0.3) is 0 Å². The topological polar surface area (TPSA) is 103 Å². The Morgan fingerprint density at radius 2 is 1.95 bits per heavy atom. The van der Waals surface area contributed by atoms with Gasteiger partial charge in [0.1, 0.15) is 0 Å². The molecule has 1 aromatic carbocycles. The molecule has 1 aliphatic rings. The van der Waals surface area contributed by atoms with Crippen molar-refractivity contribution in [1.82, 2.24) is 0 Å². The van der Waals surface area contributed by atoms with Crippen LogP contribution in [0.25, 0.3) is 0 Å². The highest BCUT2D eigenvalue weighted by Crippen LogP contribution is 2.42. The Bertz CT molecular complexity index is 776. The average Bonchev–Trinajstić information content (AvgIpc) is 2.42. The van der Waals surface area contributed by atoms with Crippen LogP contribution in [0.2, 0.25) is 0 Å². The van der Waals surface area contributed by atoms with E-state index in [1.807, 2.05) is 0 Å². The van der Waals surface area contributed by atoms with Gasteiger partial charge in [0.05, 0.1) is 17.1 Å². The molecule has 118 valence electrons. The van der Waals surface area contributed by atoms with Crippen LogP contribution in [0.1, 0.15) is 12.0 Å². The van der Waals surface area contributed by atoms with Crippen LogP contribution < -0.4 is 5.73 Å². The molecule has 1 unspecified atom stereocenters. The molecule has 0 heterocycles. The SMILES string of the molecule is NC1=C(Br)CC([N+](=O)[O-])(S(=O)(=O)Cc2ccccc2)C(F)=C1. The fraction of sp³-hybridized carbons (Fsp3) is 0.231. The summed E-state index contributed by atoms with van der Waals surface area (Å²) in [7, 11) is -4.46. The zero-order chi connectivity index (χ0) is 16.5. The maximum Gasteiger partial charge on any atom is 0.374 e. The fourth-order valence-corrected chi connectivity index (χ4v) is 4.68. The summed E-state index contributed by atoms with van der Waals surface area (Å²) in [5, 5.41) is 11.4. The predicted octanol–water partition coefficient (Wildman–Crippen LogP) is 2.40. The van der Waals surface area contributed by atoms with E-state index in [-0.39, 0.29) is 10.2 Å². The zero-order valence-electron chi connectivity index (χ0n) is 11.2. The maximum atomic E-state index is 14.3. The van der Waals surface area contributed by atoms with Gasteiger partial charge >= 0.3 is 4.87 Å². The Morgan fingerprint density at radius 3 is 2.50 bits per heavy atom. The van der Waals surface area contributed by atoms with Gasteiger partial charge in [0.15, 0.2) is 5.83 Å². The quantitative estimate of drug-likeness (QED) is 0.627. The van der Waals surface area contributed by atoms with E-state index >= 15 is 0 Å². The summed E-state index contributed by atoms with van der Waals surface area (Å²) in [5.74, 6) is -2.02. The molecular weight excluding hydrogens is 379 g/mol. The number of nitro groups is 1. The first-order chi connectivity index (χ1) is 10.2. The number of hydrogen-bond donors (Lipinski definition) is 1. The fourth-order valence-electron chi connectivity index (χ4n) is 2.16. The number of hydrogen-bond acceptors (Lipinski definition) is 5. The first-order valence-electron chi connectivity index (χ1n) is 6.13. The van der Waals surface area contributed by atoms with Crippen LogP contribution in [0, 0.1) is 10.1 Å². The number of sulfone groups is 1. The Balaban J connectivity index is 2.54. The van der Waals surface area contributed by atoms with Gasteiger partial charge in [-0.2, -0.15) is 0 Å². The maximum absolute atomic E-state index is 14.3. The normalized spacial score (nSPS) is 22.4. The first-order valence-corrected chi connectivity index (χ1v) is 8.58. The monoisotopic (exact) mass is 390 g/mol. The van der Waals surface area contributed by atoms with Crippen LogP contribution in [-0.4, -0.2) is 18.2 Å². The third-order valence-corrected chi connectivity index (χ3v) is 6.34. The van der Waals surface area contributed by atoms with Crippen molar-refractivity contribution in [1.29, 1.82) is 0 Å². The summed E-state index contributed by atoms with van der Waals surface area (Å²) >= 11 is 2.98. The third kappa shape index (κ3) is 2.66. The molecule has 1 atom stereocenters. The highest BCUT2D eigenvalue weighted by Gasteiger charge is 2.61. The molecule has 0 fully saturated rings. The second kappa shape index (κ2) is 5.81. The van der Waals surface area contributed by atoms with E-state index in [4.69, 9.17) is 5.73 Å². The second-order valence-corrected chi connectivity index (χ2v) is 7.97. The molecule has 1 aromatic rings. The van der Waals surface area contributed by atoms with Gasteiger partial charge < -0.3 is 5.73 Å². The Morgan fingerprint density at radius 1 is 1.36 bits per heavy atom. The van der Waals surface area contributed by atoms with Gasteiger partial charge in [-0.1, -0.05) is 46.3 Å². The summed E-state index contributed by atoms with van der Waals surface area (Å²) in [6.07, 6.45) is 0.00224. The molecule has 0 aromatic heterocycles. The van der Waals surface area contributed by atoms with E-state index < -0.39 is 37.6 Å². The van der Waals surface area contributed by atoms with Crippen molar-refractivity contribution < 1.29 is 17.7 Å². The molecule has 2 N–H and O–H groups in total. The Hall–Kier alpha value is -1.74. The van der Waals surface area contributed by atoms with Crippen LogP contribution in [0.15, 0.2) is 52.4 Å². The van der Waals surface area contributed by atoms with E-state index in [0.717, 1.165) is 0 Å². The molecule has 6 nitrogen and oxygen atoms in total. The number of nitrogens with two attached hydrogens (primary N) is 1. The molecular formula is C13H12BrFN2O4S. The van der Waals surface area contributed by atoms with Gasteiger partial charge in [-0.3, -0.25) is 10.1 Å². The minimum Gasteiger partial charge on any atom is -0.398 e. The molecule has 2 rings (SSSR count). The standard InChI is InChI=1S/C13H12BrFN2O4S/c14-10-7-13(17(18)19,12(15)6-11(10)16)22(20,21)8-9-4-2-1-3-5-9/h1-6H,7-8,16H2. The van der Waals surface area contributed by atoms with Crippen molar-refractivity contribution in [3.8, 4) is 0 Å². The van der Waals surface area contributed by atoms with Crippen LogP contribution in [0.3, 0.4) is 0 Å². The molecule has 22 heavy (non-hydrogen) atoms. The molecule has 0 bridgehead atoms. The minimum atomic E-state index is -4.46. The molecule has 0 saturated heterocycles. The summed E-state index contributed by atoms with van der Waals surface area (Å²) in [6, 6.07) is 7.90. The molecule has 0 saturated carbocycles. The molecule has 9 heteroatoms. The Labute approximate surface area is 134 Å². The highest BCUT2D eigenvalue weighted by molar-refractivity contribution is 9.11. The summed E-state index contributed by atoms with van der Waals surface area (Å²) in [6.45, 7) is 0. The molecule has 0 spiro atoms. The smallest absolute Gasteiger partial charge is 0.374 e. The summed E-state index contributed by atoms with van der Waals surface area (Å²) in [4.78, 5) is 7.47. The van der Waals surface area contributed by atoms with Gasteiger partial charge in [0, 0.05) is 16.3 Å². The molecule has 1 aliphatic carbocycles. The number of nitrogens with zero attached hydrogens (tertiary/aromatic N) is 1. The summed E-state index contributed by atoms with van der Waals surface area (Å²) in [5.41, 5.74) is 5.76. The number of rotatable bonds is 4. The second-order valence-electron chi connectivity index (χ2n) is 4.82. The highest BCUT2D eigenvalue weighted by atomic mass is 79.9. The van der Waals surface area contributed by atoms with Crippen molar-refractivity contribution in [3.63, 3.8) is 0 Å². The van der Waals surface area contributed by atoms with Crippen molar-refractivity contribution in [2.45, 2.75) is 17.0 Å². The first kappa shape index (κ1) is 16.6. The van der Waals surface area contributed by atoms with Gasteiger partial charge in [-0.25, -0.2) is 12.8 Å². The lowest BCUT2D eigenvalue weighted by atomic mass is 10.1. The third-order valence-electron chi connectivity index (χ3n) is 3.37. The van der Waals surface area contributed by atoms with Crippen LogP contribution in [0.5, 0.6) is 0 Å². The van der Waals surface area contributed by atoms with E-state index in [1.54, 1.807) is 18.2 Å². The minimum absolute atomic E-state index is 0.0649. The van der Waals surface area contributed by atoms with Crippen LogP contribution in [0.4, 0.5) is 4.39 Å². The Kier molecular flexibility index (Phi) is 4.39. The predicted molar refractivity (Wildman–Crippen MR) is 82.7 cm³/mol. The lowest BCUT2D eigenvalue weighted by molar-refractivity contribution is -0.532. The van der Waals surface area contributed by atoms with Crippen molar-refractivity contribution in [2.75, 3.05) is 0 Å². The lowest BCUT2D eigenvalue weighted by Crippen LogP contribution is -2.49. The van der Waals surface area contributed by atoms with Crippen molar-refractivity contribution in [3.05, 3.63) is 68.1 Å². The van der Waals surface area contributed by atoms with Crippen LogP contribution >= 0.6 is 15.9 Å². The largest absolute Gasteiger partial charge is 0.398 e. The van der Waals surface area contributed by atoms with E-state index in [2.05, 4.69) is 15.9 Å².